The highest BCUT2D eigenvalue weighted by Gasteiger charge is 2.30. The first kappa shape index (κ1) is 16.0. The van der Waals surface area contributed by atoms with Crippen LogP contribution in [-0.4, -0.2) is 29.9 Å². The molecule has 2 rings (SSSR count). The number of nitrogens with one attached hydrogen (secondary N) is 1. The monoisotopic (exact) mass is 288 g/mol. The van der Waals surface area contributed by atoms with Gasteiger partial charge in [-0.25, -0.2) is 0 Å². The Hall–Kier alpha value is -1.35. The Balaban J connectivity index is 2.07. The number of hydrogen-bond donors (Lipinski definition) is 1. The second-order valence-corrected chi connectivity index (χ2v) is 6.31. The first-order valence-corrected chi connectivity index (χ1v) is 8.15. The molecule has 0 unspecified atom stereocenters. The fourth-order valence-electron chi connectivity index (χ4n) is 3.34. The summed E-state index contributed by atoms with van der Waals surface area (Å²) in [5.41, 5.74) is 4.54. The third kappa shape index (κ3) is 3.85. The molecule has 1 fully saturated rings. The average Bonchev–Trinajstić information content (AvgIpc) is 2.88. The average molecular weight is 288 g/mol. The smallest absolute Gasteiger partial charge is 0.241 e. The molecule has 0 saturated carbocycles. The Morgan fingerprint density at radius 2 is 1.95 bits per heavy atom. The van der Waals surface area contributed by atoms with Crippen LogP contribution in [0.5, 0.6) is 0 Å². The van der Waals surface area contributed by atoms with Crippen molar-refractivity contribution in [3.05, 3.63) is 28.8 Å². The molecule has 0 aliphatic carbocycles. The van der Waals surface area contributed by atoms with Gasteiger partial charge in [-0.3, -0.25) is 9.69 Å². The molecule has 1 saturated heterocycles. The molecule has 0 aromatic heterocycles. The summed E-state index contributed by atoms with van der Waals surface area (Å²) in [5.74, 6) is 0.165. The van der Waals surface area contributed by atoms with E-state index in [2.05, 4.69) is 50.0 Å². The normalized spacial score (nSPS) is 19.0. The Bertz CT molecular complexity index is 487. The number of likely N-dealkylation sites (tertiary alicyclic amines) is 1. The number of unbranched alkanes of at least 4 members (excludes halogenated alkanes) is 1. The van der Waals surface area contributed by atoms with Gasteiger partial charge in [-0.05, 0) is 64.3 Å². The van der Waals surface area contributed by atoms with Gasteiger partial charge in [0.2, 0.25) is 5.91 Å². The lowest BCUT2D eigenvalue weighted by atomic mass is 10.0. The third-order valence-corrected chi connectivity index (χ3v) is 4.39. The molecule has 0 radical (unpaired) electrons. The quantitative estimate of drug-likeness (QED) is 0.893. The minimum Gasteiger partial charge on any atom is -0.324 e. The molecule has 21 heavy (non-hydrogen) atoms. The maximum atomic E-state index is 12.6. The van der Waals surface area contributed by atoms with Crippen molar-refractivity contribution in [3.8, 4) is 0 Å². The van der Waals surface area contributed by atoms with E-state index in [9.17, 15) is 4.79 Å². The lowest BCUT2D eigenvalue weighted by molar-refractivity contribution is -0.120. The number of nitrogens with zero attached hydrogens (tertiary/aromatic N) is 1. The summed E-state index contributed by atoms with van der Waals surface area (Å²) in [6, 6.07) is 4.31. The number of carbonyl (C=O) groups excluding carboxylic acids is 1. The fraction of sp³-hybridized carbons (Fsp3) is 0.611. The van der Waals surface area contributed by atoms with E-state index in [4.69, 9.17) is 0 Å². The van der Waals surface area contributed by atoms with Gasteiger partial charge in [-0.15, -0.1) is 0 Å². The molecule has 0 bridgehead atoms. The summed E-state index contributed by atoms with van der Waals surface area (Å²) in [6.07, 6.45) is 4.47. The molecular weight excluding hydrogens is 260 g/mol. The highest BCUT2D eigenvalue weighted by molar-refractivity contribution is 5.96. The minimum atomic E-state index is 0.0525. The van der Waals surface area contributed by atoms with Crippen LogP contribution in [0, 0.1) is 20.8 Å². The second kappa shape index (κ2) is 7.08. The molecule has 116 valence electrons. The largest absolute Gasteiger partial charge is 0.324 e. The third-order valence-electron chi connectivity index (χ3n) is 4.39. The predicted octanol–water partition coefficient (Wildman–Crippen LogP) is 3.81. The van der Waals surface area contributed by atoms with E-state index in [-0.39, 0.29) is 11.9 Å². The molecule has 1 aromatic rings. The van der Waals surface area contributed by atoms with Crippen LogP contribution in [0.2, 0.25) is 0 Å². The molecule has 1 amide bonds. The van der Waals surface area contributed by atoms with E-state index in [0.29, 0.717) is 0 Å². The van der Waals surface area contributed by atoms with Gasteiger partial charge in [0, 0.05) is 5.69 Å². The molecule has 1 aromatic carbocycles. The molecule has 3 heteroatoms. The van der Waals surface area contributed by atoms with Gasteiger partial charge in [-0.2, -0.15) is 0 Å². The maximum absolute atomic E-state index is 12.6. The van der Waals surface area contributed by atoms with Crippen molar-refractivity contribution >= 4 is 11.6 Å². The lowest BCUT2D eigenvalue weighted by Crippen LogP contribution is -2.40. The Morgan fingerprint density at radius 3 is 2.57 bits per heavy atom. The van der Waals surface area contributed by atoms with E-state index >= 15 is 0 Å². The minimum absolute atomic E-state index is 0.0525. The van der Waals surface area contributed by atoms with Gasteiger partial charge >= 0.3 is 0 Å². The summed E-state index contributed by atoms with van der Waals surface area (Å²) in [5, 5.41) is 3.17. The Labute approximate surface area is 128 Å². The lowest BCUT2D eigenvalue weighted by Gasteiger charge is -2.24. The number of amides is 1. The van der Waals surface area contributed by atoms with Gasteiger partial charge in [-0.1, -0.05) is 31.0 Å². The molecule has 1 aliphatic heterocycles. The van der Waals surface area contributed by atoms with Gasteiger partial charge in [0.25, 0.3) is 0 Å². The van der Waals surface area contributed by atoms with Crippen molar-refractivity contribution in [2.45, 2.75) is 59.4 Å². The predicted molar refractivity (Wildman–Crippen MR) is 88.8 cm³/mol. The SMILES string of the molecule is CCCCN1CCC[C@@H]1C(=O)Nc1c(C)cc(C)cc1C. The highest BCUT2D eigenvalue weighted by atomic mass is 16.2. The fourth-order valence-corrected chi connectivity index (χ4v) is 3.34. The number of hydrogen-bond acceptors (Lipinski definition) is 2. The van der Waals surface area contributed by atoms with E-state index in [1.54, 1.807) is 0 Å². The molecule has 1 atom stereocenters. The number of anilines is 1. The zero-order valence-corrected chi connectivity index (χ0v) is 13.8. The van der Waals surface area contributed by atoms with Crippen LogP contribution in [0.3, 0.4) is 0 Å². The number of carbonyl (C=O) groups is 1. The van der Waals surface area contributed by atoms with E-state index < -0.39 is 0 Å². The highest BCUT2D eigenvalue weighted by Crippen LogP contribution is 2.24. The molecule has 1 heterocycles. The van der Waals surface area contributed by atoms with Crippen LogP contribution < -0.4 is 5.32 Å². The van der Waals surface area contributed by atoms with Crippen LogP contribution in [0.25, 0.3) is 0 Å². The van der Waals surface area contributed by atoms with Crippen LogP contribution in [-0.2, 0) is 4.79 Å². The number of aryl methyl sites for hydroxylation is 3. The Kier molecular flexibility index (Phi) is 5.40. The van der Waals surface area contributed by atoms with Gasteiger partial charge in [0.15, 0.2) is 0 Å². The summed E-state index contributed by atoms with van der Waals surface area (Å²) in [6.45, 7) is 10.5. The van der Waals surface area contributed by atoms with Crippen molar-refractivity contribution in [1.29, 1.82) is 0 Å². The van der Waals surface area contributed by atoms with Crippen molar-refractivity contribution in [2.24, 2.45) is 0 Å². The summed E-state index contributed by atoms with van der Waals surface area (Å²) in [4.78, 5) is 15.0. The van der Waals surface area contributed by atoms with Crippen molar-refractivity contribution < 1.29 is 4.79 Å². The summed E-state index contributed by atoms with van der Waals surface area (Å²) >= 11 is 0. The Morgan fingerprint density at radius 1 is 1.29 bits per heavy atom. The van der Waals surface area contributed by atoms with Crippen LogP contribution in [0.15, 0.2) is 12.1 Å². The van der Waals surface area contributed by atoms with Crippen LogP contribution in [0.4, 0.5) is 5.69 Å². The maximum Gasteiger partial charge on any atom is 0.241 e. The van der Waals surface area contributed by atoms with E-state index in [1.807, 2.05) is 0 Å². The van der Waals surface area contributed by atoms with E-state index in [0.717, 1.165) is 42.7 Å². The van der Waals surface area contributed by atoms with Gasteiger partial charge < -0.3 is 5.32 Å². The number of benzene rings is 1. The van der Waals surface area contributed by atoms with Gasteiger partial charge in [0.1, 0.15) is 0 Å². The zero-order chi connectivity index (χ0) is 15.4. The van der Waals surface area contributed by atoms with Crippen molar-refractivity contribution in [3.63, 3.8) is 0 Å². The number of rotatable bonds is 5. The molecule has 1 N–H and O–H groups in total. The van der Waals surface area contributed by atoms with Crippen LogP contribution >= 0.6 is 0 Å². The second-order valence-electron chi connectivity index (χ2n) is 6.31. The first-order valence-electron chi connectivity index (χ1n) is 8.15. The first-order chi connectivity index (χ1) is 10.0. The summed E-state index contributed by atoms with van der Waals surface area (Å²) < 4.78 is 0. The molecular formula is C18H28N2O. The molecule has 3 nitrogen and oxygen atoms in total. The van der Waals surface area contributed by atoms with Gasteiger partial charge in [0.05, 0.1) is 6.04 Å². The molecule has 0 spiro atoms. The van der Waals surface area contributed by atoms with E-state index in [1.165, 1.54) is 18.4 Å². The molecule has 1 aliphatic rings. The summed E-state index contributed by atoms with van der Waals surface area (Å²) in [7, 11) is 0. The topological polar surface area (TPSA) is 32.3 Å². The van der Waals surface area contributed by atoms with Crippen LogP contribution in [0.1, 0.15) is 49.3 Å². The zero-order valence-electron chi connectivity index (χ0n) is 13.8. The standard InChI is InChI=1S/C18H28N2O/c1-5-6-9-20-10-7-8-16(20)18(21)19-17-14(3)11-13(2)12-15(17)4/h11-12,16H,5-10H2,1-4H3,(H,19,21)/t16-/m1/s1. The van der Waals surface area contributed by atoms with Crippen molar-refractivity contribution in [2.75, 3.05) is 18.4 Å². The van der Waals surface area contributed by atoms with Crippen molar-refractivity contribution in [1.82, 2.24) is 4.90 Å².